The van der Waals surface area contributed by atoms with Crippen LogP contribution in [0.2, 0.25) is 0 Å². The SMILES string of the molecule is Cc1ccc(-c2nc(C)c(CCN)s2)cc1. The molecule has 0 saturated heterocycles. The van der Waals surface area contributed by atoms with Crippen molar-refractivity contribution in [2.24, 2.45) is 5.73 Å². The van der Waals surface area contributed by atoms with E-state index in [2.05, 4.69) is 43.1 Å². The molecule has 0 unspecified atom stereocenters. The Kier molecular flexibility index (Phi) is 3.36. The maximum Gasteiger partial charge on any atom is 0.123 e. The quantitative estimate of drug-likeness (QED) is 0.883. The van der Waals surface area contributed by atoms with Crippen molar-refractivity contribution in [3.63, 3.8) is 0 Å². The maximum atomic E-state index is 5.58. The molecular weight excluding hydrogens is 216 g/mol. The minimum atomic E-state index is 0.691. The molecule has 1 aromatic heterocycles. The van der Waals surface area contributed by atoms with E-state index in [9.17, 15) is 0 Å². The average Bonchev–Trinajstić information content (AvgIpc) is 2.62. The standard InChI is InChI=1S/C13H16N2S/c1-9-3-5-11(6-4-9)13-15-10(2)12(16-13)7-8-14/h3-6H,7-8,14H2,1-2H3. The molecule has 0 bridgehead atoms. The number of benzene rings is 1. The lowest BCUT2D eigenvalue weighted by Gasteiger charge is -1.96. The van der Waals surface area contributed by atoms with Gasteiger partial charge in [-0.3, -0.25) is 0 Å². The van der Waals surface area contributed by atoms with Gasteiger partial charge >= 0.3 is 0 Å². The highest BCUT2D eigenvalue weighted by molar-refractivity contribution is 7.15. The highest BCUT2D eigenvalue weighted by atomic mass is 32.1. The van der Waals surface area contributed by atoms with E-state index in [1.165, 1.54) is 16.0 Å². The fourth-order valence-electron chi connectivity index (χ4n) is 1.61. The van der Waals surface area contributed by atoms with E-state index in [1.54, 1.807) is 11.3 Å². The molecule has 0 fully saturated rings. The zero-order valence-corrected chi connectivity index (χ0v) is 10.5. The van der Waals surface area contributed by atoms with E-state index in [0.717, 1.165) is 17.1 Å². The lowest BCUT2D eigenvalue weighted by molar-refractivity contribution is 0.970. The first kappa shape index (κ1) is 11.3. The van der Waals surface area contributed by atoms with E-state index in [4.69, 9.17) is 5.73 Å². The van der Waals surface area contributed by atoms with Gasteiger partial charge in [0.25, 0.3) is 0 Å². The highest BCUT2D eigenvalue weighted by Gasteiger charge is 2.08. The molecule has 2 N–H and O–H groups in total. The maximum absolute atomic E-state index is 5.58. The van der Waals surface area contributed by atoms with Crippen LogP contribution in [-0.4, -0.2) is 11.5 Å². The fraction of sp³-hybridized carbons (Fsp3) is 0.308. The molecule has 16 heavy (non-hydrogen) atoms. The monoisotopic (exact) mass is 232 g/mol. The Bertz CT molecular complexity index is 471. The summed E-state index contributed by atoms with van der Waals surface area (Å²) in [5.41, 5.74) is 9.17. The van der Waals surface area contributed by atoms with Crippen LogP contribution in [0.4, 0.5) is 0 Å². The predicted molar refractivity (Wildman–Crippen MR) is 69.8 cm³/mol. The van der Waals surface area contributed by atoms with Crippen molar-refractivity contribution in [2.75, 3.05) is 6.54 Å². The Labute approximate surface area is 100 Å². The molecule has 0 aliphatic rings. The van der Waals surface area contributed by atoms with Crippen LogP contribution in [0, 0.1) is 13.8 Å². The van der Waals surface area contributed by atoms with E-state index in [1.807, 2.05) is 0 Å². The number of thiazole rings is 1. The smallest absolute Gasteiger partial charge is 0.123 e. The molecule has 1 aromatic carbocycles. The number of hydrogen-bond acceptors (Lipinski definition) is 3. The Balaban J connectivity index is 2.33. The predicted octanol–water partition coefficient (Wildman–Crippen LogP) is 2.93. The van der Waals surface area contributed by atoms with Crippen molar-refractivity contribution in [1.29, 1.82) is 0 Å². The molecule has 0 amide bonds. The van der Waals surface area contributed by atoms with Gasteiger partial charge in [-0.25, -0.2) is 4.98 Å². The number of aryl methyl sites for hydroxylation is 2. The molecule has 1 heterocycles. The van der Waals surface area contributed by atoms with Crippen molar-refractivity contribution < 1.29 is 0 Å². The largest absolute Gasteiger partial charge is 0.330 e. The molecule has 0 radical (unpaired) electrons. The first-order valence-corrected chi connectivity index (χ1v) is 6.26. The van der Waals surface area contributed by atoms with Crippen LogP contribution in [-0.2, 0) is 6.42 Å². The molecule has 2 aromatic rings. The summed E-state index contributed by atoms with van der Waals surface area (Å²) in [6, 6.07) is 8.49. The fourth-order valence-corrected chi connectivity index (χ4v) is 2.69. The van der Waals surface area contributed by atoms with Crippen LogP contribution in [0.1, 0.15) is 16.1 Å². The molecule has 3 heteroatoms. The van der Waals surface area contributed by atoms with E-state index in [-0.39, 0.29) is 0 Å². The number of hydrogen-bond donors (Lipinski definition) is 1. The summed E-state index contributed by atoms with van der Waals surface area (Å²) in [5, 5.41) is 1.10. The van der Waals surface area contributed by atoms with Crippen LogP contribution in [0.3, 0.4) is 0 Å². The van der Waals surface area contributed by atoms with Crippen LogP contribution in [0.25, 0.3) is 10.6 Å². The lowest BCUT2D eigenvalue weighted by atomic mass is 10.2. The summed E-state index contributed by atoms with van der Waals surface area (Å²) in [7, 11) is 0. The second-order valence-electron chi connectivity index (χ2n) is 3.93. The summed E-state index contributed by atoms with van der Waals surface area (Å²) in [6.45, 7) is 4.84. The zero-order valence-electron chi connectivity index (χ0n) is 9.66. The Morgan fingerprint density at radius 2 is 1.88 bits per heavy atom. The molecule has 0 saturated carbocycles. The third-order valence-electron chi connectivity index (χ3n) is 2.56. The second-order valence-corrected chi connectivity index (χ2v) is 5.02. The summed E-state index contributed by atoms with van der Waals surface area (Å²) < 4.78 is 0. The minimum Gasteiger partial charge on any atom is -0.330 e. The topological polar surface area (TPSA) is 38.9 Å². The summed E-state index contributed by atoms with van der Waals surface area (Å²) in [4.78, 5) is 5.90. The zero-order chi connectivity index (χ0) is 11.5. The molecule has 2 nitrogen and oxygen atoms in total. The first-order chi connectivity index (χ1) is 7.70. The van der Waals surface area contributed by atoms with E-state index < -0.39 is 0 Å². The molecule has 0 aliphatic heterocycles. The molecule has 0 spiro atoms. The van der Waals surface area contributed by atoms with Crippen LogP contribution in [0.5, 0.6) is 0 Å². The minimum absolute atomic E-state index is 0.691. The molecule has 0 aliphatic carbocycles. The van der Waals surface area contributed by atoms with Gasteiger partial charge in [0, 0.05) is 10.4 Å². The Morgan fingerprint density at radius 1 is 1.19 bits per heavy atom. The Morgan fingerprint density at radius 3 is 2.50 bits per heavy atom. The summed E-state index contributed by atoms with van der Waals surface area (Å²) in [6.07, 6.45) is 0.926. The van der Waals surface area contributed by atoms with Gasteiger partial charge in [-0.1, -0.05) is 29.8 Å². The van der Waals surface area contributed by atoms with Gasteiger partial charge in [0.05, 0.1) is 5.69 Å². The highest BCUT2D eigenvalue weighted by Crippen LogP contribution is 2.28. The van der Waals surface area contributed by atoms with Gasteiger partial charge in [-0.15, -0.1) is 11.3 Å². The number of rotatable bonds is 3. The third kappa shape index (κ3) is 2.31. The summed E-state index contributed by atoms with van der Waals surface area (Å²) >= 11 is 1.75. The second kappa shape index (κ2) is 4.76. The number of aromatic nitrogens is 1. The molecule has 84 valence electrons. The van der Waals surface area contributed by atoms with Gasteiger partial charge in [0.2, 0.25) is 0 Å². The van der Waals surface area contributed by atoms with Gasteiger partial charge in [0.1, 0.15) is 5.01 Å². The van der Waals surface area contributed by atoms with Crippen molar-refractivity contribution in [3.05, 3.63) is 40.4 Å². The van der Waals surface area contributed by atoms with Crippen molar-refractivity contribution >= 4 is 11.3 Å². The lowest BCUT2D eigenvalue weighted by Crippen LogP contribution is -2.01. The normalized spacial score (nSPS) is 10.7. The van der Waals surface area contributed by atoms with Crippen molar-refractivity contribution in [3.8, 4) is 10.6 Å². The molecular formula is C13H16N2S. The first-order valence-electron chi connectivity index (χ1n) is 5.44. The van der Waals surface area contributed by atoms with Gasteiger partial charge < -0.3 is 5.73 Å². The van der Waals surface area contributed by atoms with E-state index in [0.29, 0.717) is 6.54 Å². The molecule has 2 rings (SSSR count). The van der Waals surface area contributed by atoms with Gasteiger partial charge in [-0.05, 0) is 26.8 Å². The average molecular weight is 232 g/mol. The van der Waals surface area contributed by atoms with Crippen molar-refractivity contribution in [2.45, 2.75) is 20.3 Å². The Hall–Kier alpha value is -1.19. The van der Waals surface area contributed by atoms with Crippen LogP contribution in [0.15, 0.2) is 24.3 Å². The number of nitrogens with zero attached hydrogens (tertiary/aromatic N) is 1. The van der Waals surface area contributed by atoms with Crippen LogP contribution >= 0.6 is 11.3 Å². The number of nitrogens with two attached hydrogens (primary N) is 1. The van der Waals surface area contributed by atoms with Crippen LogP contribution < -0.4 is 5.73 Å². The van der Waals surface area contributed by atoms with Gasteiger partial charge in [-0.2, -0.15) is 0 Å². The van der Waals surface area contributed by atoms with Crippen molar-refractivity contribution in [1.82, 2.24) is 4.98 Å². The van der Waals surface area contributed by atoms with Gasteiger partial charge in [0.15, 0.2) is 0 Å². The third-order valence-corrected chi connectivity index (χ3v) is 3.83. The van der Waals surface area contributed by atoms with E-state index >= 15 is 0 Å². The summed E-state index contributed by atoms with van der Waals surface area (Å²) in [5.74, 6) is 0. The molecule has 0 atom stereocenters.